The fraction of sp³-hybridized carbons (Fsp3) is 0.909. The minimum atomic E-state index is -3.85. The van der Waals surface area contributed by atoms with E-state index in [1.54, 1.807) is 13.8 Å². The molecule has 0 bridgehead atoms. The van der Waals surface area contributed by atoms with E-state index in [-0.39, 0.29) is 18.8 Å². The average molecular weight is 268 g/mol. The van der Waals surface area contributed by atoms with Crippen LogP contribution in [0.15, 0.2) is 0 Å². The van der Waals surface area contributed by atoms with Crippen LogP contribution >= 0.6 is 11.8 Å². The first-order chi connectivity index (χ1) is 7.65. The smallest absolute Gasteiger partial charge is 0.380 e. The first kappa shape index (κ1) is 14.7. The molecule has 0 spiro atoms. The molecule has 100 valence electrons. The summed E-state index contributed by atoms with van der Waals surface area (Å²) in [6, 6.07) is 0. The third kappa shape index (κ3) is 2.91. The Balaban J connectivity index is 2.91. The minimum absolute atomic E-state index is 0.112. The predicted molar refractivity (Wildman–Crippen MR) is 62.3 cm³/mol. The predicted octanol–water partition coefficient (Wildman–Crippen LogP) is 2.08. The van der Waals surface area contributed by atoms with E-state index in [1.807, 2.05) is 0 Å². The number of aliphatic hydroxyl groups is 1. The number of hydrogen-bond donors (Lipinski definition) is 1. The molecule has 0 radical (unpaired) electrons. The van der Waals surface area contributed by atoms with Crippen LogP contribution in [0, 0.1) is 5.41 Å². The van der Waals surface area contributed by atoms with E-state index in [0.29, 0.717) is 5.75 Å². The summed E-state index contributed by atoms with van der Waals surface area (Å²) < 4.78 is 32.1. The molecule has 17 heavy (non-hydrogen) atoms. The zero-order chi connectivity index (χ0) is 13.3. The number of halogens is 2. The third-order valence-corrected chi connectivity index (χ3v) is 4.39. The first-order valence-electron chi connectivity index (χ1n) is 5.50. The van der Waals surface area contributed by atoms with Crippen molar-refractivity contribution in [3.8, 4) is 0 Å². The average Bonchev–Trinajstić information content (AvgIpc) is 2.15. The molecule has 1 rings (SSSR count). The molecule has 1 saturated heterocycles. The van der Waals surface area contributed by atoms with Gasteiger partial charge in [0.05, 0.1) is 6.61 Å². The lowest BCUT2D eigenvalue weighted by molar-refractivity contribution is -0.214. The van der Waals surface area contributed by atoms with Crippen molar-refractivity contribution < 1.29 is 23.4 Å². The molecule has 0 aromatic heterocycles. The summed E-state index contributed by atoms with van der Waals surface area (Å²) in [7, 11) is 0. The van der Waals surface area contributed by atoms with Crippen LogP contribution in [0.25, 0.3) is 0 Å². The second kappa shape index (κ2) is 4.72. The first-order valence-corrected chi connectivity index (χ1v) is 6.65. The maximum Gasteiger partial charge on any atom is 0.380 e. The van der Waals surface area contributed by atoms with E-state index in [2.05, 4.69) is 4.74 Å². The Kier molecular flexibility index (Phi) is 4.08. The Morgan fingerprint density at radius 2 is 2.06 bits per heavy atom. The normalized spacial score (nSPS) is 28.8. The SMILES string of the molecule is CCOC(=O)C(F)(F)C1(O)CSCC(C)(C)C1. The monoisotopic (exact) mass is 268 g/mol. The van der Waals surface area contributed by atoms with Crippen molar-refractivity contribution in [2.45, 2.75) is 38.7 Å². The highest BCUT2D eigenvalue weighted by molar-refractivity contribution is 7.99. The number of esters is 1. The summed E-state index contributed by atoms with van der Waals surface area (Å²) in [4.78, 5) is 11.2. The van der Waals surface area contributed by atoms with E-state index in [0.717, 1.165) is 0 Å². The van der Waals surface area contributed by atoms with E-state index in [1.165, 1.54) is 18.7 Å². The van der Waals surface area contributed by atoms with Crippen LogP contribution in [0.2, 0.25) is 0 Å². The summed E-state index contributed by atoms with van der Waals surface area (Å²) in [6.45, 7) is 4.93. The van der Waals surface area contributed by atoms with Crippen molar-refractivity contribution in [3.05, 3.63) is 0 Å². The van der Waals surface area contributed by atoms with Gasteiger partial charge in [-0.05, 0) is 24.5 Å². The minimum Gasteiger partial charge on any atom is -0.461 e. The Morgan fingerprint density at radius 1 is 1.47 bits per heavy atom. The lowest BCUT2D eigenvalue weighted by Gasteiger charge is -2.43. The van der Waals surface area contributed by atoms with Gasteiger partial charge in [-0.1, -0.05) is 13.8 Å². The molecule has 0 saturated carbocycles. The molecule has 1 aliphatic heterocycles. The summed E-state index contributed by atoms with van der Waals surface area (Å²) >= 11 is 1.23. The second-order valence-electron chi connectivity index (χ2n) is 5.16. The molecule has 3 nitrogen and oxygen atoms in total. The van der Waals surface area contributed by atoms with Gasteiger partial charge < -0.3 is 9.84 Å². The van der Waals surface area contributed by atoms with Gasteiger partial charge in [-0.2, -0.15) is 20.5 Å². The van der Waals surface area contributed by atoms with Gasteiger partial charge >= 0.3 is 11.9 Å². The highest BCUT2D eigenvalue weighted by Gasteiger charge is 2.62. The number of carbonyl (C=O) groups is 1. The quantitative estimate of drug-likeness (QED) is 0.796. The molecule has 0 aromatic rings. The van der Waals surface area contributed by atoms with Gasteiger partial charge in [0, 0.05) is 5.75 Å². The molecule has 6 heteroatoms. The van der Waals surface area contributed by atoms with E-state index < -0.39 is 22.9 Å². The molecule has 0 aromatic carbocycles. The van der Waals surface area contributed by atoms with Crippen LogP contribution in [0.5, 0.6) is 0 Å². The van der Waals surface area contributed by atoms with Crippen LogP contribution in [0.1, 0.15) is 27.2 Å². The van der Waals surface area contributed by atoms with Crippen molar-refractivity contribution in [2.24, 2.45) is 5.41 Å². The van der Waals surface area contributed by atoms with Crippen LogP contribution in [0.3, 0.4) is 0 Å². The summed E-state index contributed by atoms with van der Waals surface area (Å²) in [5.41, 5.74) is -2.74. The maximum atomic E-state index is 13.9. The molecule has 1 unspecified atom stereocenters. The van der Waals surface area contributed by atoms with Crippen molar-refractivity contribution in [1.29, 1.82) is 0 Å². The van der Waals surface area contributed by atoms with Crippen LogP contribution in [-0.2, 0) is 9.53 Å². The molecule has 0 aliphatic carbocycles. The number of carbonyl (C=O) groups excluding carboxylic acids is 1. The third-order valence-electron chi connectivity index (χ3n) is 2.72. The zero-order valence-corrected chi connectivity index (χ0v) is 11.1. The van der Waals surface area contributed by atoms with Crippen LogP contribution in [-0.4, -0.2) is 40.7 Å². The summed E-state index contributed by atoms with van der Waals surface area (Å²) in [6.07, 6.45) is -0.112. The van der Waals surface area contributed by atoms with E-state index in [4.69, 9.17) is 0 Å². The highest BCUT2D eigenvalue weighted by atomic mass is 32.2. The van der Waals surface area contributed by atoms with Crippen molar-refractivity contribution in [2.75, 3.05) is 18.1 Å². The standard InChI is InChI=1S/C11H18F2O3S/c1-4-16-8(14)11(12,13)10(15)5-9(2,3)6-17-7-10/h15H,4-7H2,1-3H3. The summed E-state index contributed by atoms with van der Waals surface area (Å²) in [5.74, 6) is -4.95. The Hall–Kier alpha value is -0.360. The van der Waals surface area contributed by atoms with Gasteiger partial charge in [0.2, 0.25) is 0 Å². The molecular weight excluding hydrogens is 250 g/mol. The lowest BCUT2D eigenvalue weighted by Crippen LogP contribution is -2.59. The Bertz CT molecular complexity index is 307. The summed E-state index contributed by atoms with van der Waals surface area (Å²) in [5, 5.41) is 10.1. The van der Waals surface area contributed by atoms with E-state index in [9.17, 15) is 18.7 Å². The Labute approximate surface area is 104 Å². The molecule has 1 aliphatic rings. The molecule has 1 fully saturated rings. The topological polar surface area (TPSA) is 46.5 Å². The number of hydrogen-bond acceptors (Lipinski definition) is 4. The van der Waals surface area contributed by atoms with Gasteiger partial charge in [-0.3, -0.25) is 0 Å². The zero-order valence-electron chi connectivity index (χ0n) is 10.3. The van der Waals surface area contributed by atoms with E-state index >= 15 is 0 Å². The van der Waals surface area contributed by atoms with Gasteiger partial charge in [-0.25, -0.2) is 4.79 Å². The number of rotatable bonds is 3. The molecule has 1 N–H and O–H groups in total. The number of thioether (sulfide) groups is 1. The lowest BCUT2D eigenvalue weighted by atomic mass is 9.78. The number of alkyl halides is 2. The molecule has 1 heterocycles. The van der Waals surface area contributed by atoms with Crippen molar-refractivity contribution in [1.82, 2.24) is 0 Å². The van der Waals surface area contributed by atoms with Crippen LogP contribution < -0.4 is 0 Å². The van der Waals surface area contributed by atoms with Gasteiger partial charge in [-0.15, -0.1) is 0 Å². The fourth-order valence-electron chi connectivity index (χ4n) is 2.00. The maximum absolute atomic E-state index is 13.9. The molecule has 1 atom stereocenters. The van der Waals surface area contributed by atoms with Crippen molar-refractivity contribution in [3.63, 3.8) is 0 Å². The Morgan fingerprint density at radius 3 is 2.53 bits per heavy atom. The van der Waals surface area contributed by atoms with Crippen molar-refractivity contribution >= 4 is 17.7 Å². The molecular formula is C11H18F2O3S. The largest absolute Gasteiger partial charge is 0.461 e. The van der Waals surface area contributed by atoms with Gasteiger partial charge in [0.15, 0.2) is 0 Å². The highest BCUT2D eigenvalue weighted by Crippen LogP contribution is 2.46. The second-order valence-corrected chi connectivity index (χ2v) is 6.15. The number of ether oxygens (including phenoxy) is 1. The fourth-order valence-corrected chi connectivity index (χ4v) is 3.38. The van der Waals surface area contributed by atoms with Gasteiger partial charge in [0.25, 0.3) is 0 Å². The van der Waals surface area contributed by atoms with Crippen LogP contribution in [0.4, 0.5) is 8.78 Å². The van der Waals surface area contributed by atoms with Gasteiger partial charge in [0.1, 0.15) is 5.60 Å². The molecule has 0 amide bonds.